The van der Waals surface area contributed by atoms with Crippen molar-refractivity contribution in [3.05, 3.63) is 48.9 Å². The molecule has 0 atom stereocenters. The Bertz CT molecular complexity index is 403. The van der Waals surface area contributed by atoms with Crippen molar-refractivity contribution in [1.29, 1.82) is 0 Å². The van der Waals surface area contributed by atoms with Crippen molar-refractivity contribution in [2.75, 3.05) is 0 Å². The summed E-state index contributed by atoms with van der Waals surface area (Å²) in [5.74, 6) is 0.551. The maximum absolute atomic E-state index is 5.08. The predicted octanol–water partition coefficient (Wildman–Crippen LogP) is 2.47. The molecule has 0 bridgehead atoms. The predicted molar refractivity (Wildman–Crippen MR) is 53.6 cm³/mol. The van der Waals surface area contributed by atoms with Gasteiger partial charge in [0.2, 0.25) is 12.3 Å². The lowest BCUT2D eigenvalue weighted by atomic mass is 10.1. The van der Waals surface area contributed by atoms with Crippen LogP contribution in [0.4, 0.5) is 0 Å². The zero-order chi connectivity index (χ0) is 9.80. The maximum atomic E-state index is 5.08. The Hall–Kier alpha value is -1.90. The Balaban J connectivity index is 2.26. The molecule has 1 aromatic heterocycles. The van der Waals surface area contributed by atoms with Crippen molar-refractivity contribution in [1.82, 2.24) is 10.2 Å². The van der Waals surface area contributed by atoms with Crippen molar-refractivity contribution >= 4 is 0 Å². The van der Waals surface area contributed by atoms with E-state index in [1.807, 2.05) is 30.3 Å². The molecule has 0 radical (unpaired) electrons. The Morgan fingerprint density at radius 1 is 1.29 bits per heavy atom. The Morgan fingerprint density at radius 2 is 2.07 bits per heavy atom. The summed E-state index contributed by atoms with van der Waals surface area (Å²) in [5.41, 5.74) is 2.17. The zero-order valence-corrected chi connectivity index (χ0v) is 7.68. The number of hydrogen-bond acceptors (Lipinski definition) is 3. The lowest BCUT2D eigenvalue weighted by molar-refractivity contribution is 0.568. The highest BCUT2D eigenvalue weighted by Gasteiger charge is 2.01. The highest BCUT2D eigenvalue weighted by molar-refractivity contribution is 5.52. The topological polar surface area (TPSA) is 38.9 Å². The molecule has 3 nitrogen and oxygen atoms in total. The van der Waals surface area contributed by atoms with Crippen LogP contribution in [0.15, 0.2) is 47.7 Å². The number of aromatic nitrogens is 2. The van der Waals surface area contributed by atoms with Crippen molar-refractivity contribution in [2.45, 2.75) is 6.42 Å². The zero-order valence-electron chi connectivity index (χ0n) is 7.68. The molecule has 0 saturated heterocycles. The molecule has 1 heterocycles. The third-order valence-electron chi connectivity index (χ3n) is 1.94. The lowest BCUT2D eigenvalue weighted by Gasteiger charge is -1.97. The molecule has 0 spiro atoms. The molecule has 0 unspecified atom stereocenters. The van der Waals surface area contributed by atoms with E-state index in [0.29, 0.717) is 5.89 Å². The van der Waals surface area contributed by atoms with Crippen LogP contribution in [0.5, 0.6) is 0 Å². The number of nitrogens with zero attached hydrogens (tertiary/aromatic N) is 2. The Morgan fingerprint density at radius 3 is 2.64 bits per heavy atom. The highest BCUT2D eigenvalue weighted by Crippen LogP contribution is 2.16. The minimum Gasteiger partial charge on any atom is -0.423 e. The molecule has 2 rings (SSSR count). The monoisotopic (exact) mass is 186 g/mol. The van der Waals surface area contributed by atoms with Crippen LogP contribution in [0.2, 0.25) is 0 Å². The van der Waals surface area contributed by atoms with E-state index in [0.717, 1.165) is 12.0 Å². The molecule has 2 aromatic rings. The minimum absolute atomic E-state index is 0.551. The van der Waals surface area contributed by atoms with Gasteiger partial charge >= 0.3 is 0 Å². The van der Waals surface area contributed by atoms with Crippen LogP contribution in [-0.4, -0.2) is 10.2 Å². The molecule has 0 fully saturated rings. The average molecular weight is 186 g/mol. The van der Waals surface area contributed by atoms with E-state index in [4.69, 9.17) is 4.42 Å². The van der Waals surface area contributed by atoms with E-state index in [1.165, 1.54) is 12.0 Å². The van der Waals surface area contributed by atoms with Gasteiger partial charge in [0, 0.05) is 5.56 Å². The van der Waals surface area contributed by atoms with Gasteiger partial charge in [0.05, 0.1) is 0 Å². The Labute approximate surface area is 82.1 Å². The van der Waals surface area contributed by atoms with Crippen molar-refractivity contribution in [2.24, 2.45) is 0 Å². The van der Waals surface area contributed by atoms with Gasteiger partial charge in [-0.1, -0.05) is 18.2 Å². The largest absolute Gasteiger partial charge is 0.423 e. The number of benzene rings is 1. The van der Waals surface area contributed by atoms with Gasteiger partial charge in [0.25, 0.3) is 0 Å². The summed E-state index contributed by atoms with van der Waals surface area (Å²) < 4.78 is 5.08. The number of hydrogen-bond donors (Lipinski definition) is 0. The Kier molecular flexibility index (Phi) is 2.40. The molecule has 14 heavy (non-hydrogen) atoms. The second kappa shape index (κ2) is 3.87. The minimum atomic E-state index is 0.551. The fourth-order valence-electron chi connectivity index (χ4n) is 1.25. The summed E-state index contributed by atoms with van der Waals surface area (Å²) in [6.07, 6.45) is 4.08. The molecule has 0 amide bonds. The van der Waals surface area contributed by atoms with Crippen LogP contribution < -0.4 is 0 Å². The van der Waals surface area contributed by atoms with Gasteiger partial charge in [-0.2, -0.15) is 0 Å². The van der Waals surface area contributed by atoms with Crippen LogP contribution in [-0.2, 0) is 6.42 Å². The number of rotatable bonds is 3. The summed E-state index contributed by atoms with van der Waals surface area (Å²) in [5, 5.41) is 7.45. The SMILES string of the molecule is C=CCc1ccc(-c2nnco2)cc1. The number of allylic oxidation sites excluding steroid dienone is 1. The third kappa shape index (κ3) is 1.71. The fourth-order valence-corrected chi connectivity index (χ4v) is 1.25. The summed E-state index contributed by atoms with van der Waals surface area (Å²) in [6.45, 7) is 3.69. The van der Waals surface area contributed by atoms with Crippen molar-refractivity contribution < 1.29 is 4.42 Å². The maximum Gasteiger partial charge on any atom is 0.247 e. The lowest BCUT2D eigenvalue weighted by Crippen LogP contribution is -1.82. The molecule has 0 aliphatic carbocycles. The van der Waals surface area contributed by atoms with Gasteiger partial charge in [-0.15, -0.1) is 16.8 Å². The van der Waals surface area contributed by atoms with Crippen molar-refractivity contribution in [3.63, 3.8) is 0 Å². The van der Waals surface area contributed by atoms with Crippen LogP contribution >= 0.6 is 0 Å². The first-order chi connectivity index (χ1) is 6.90. The highest BCUT2D eigenvalue weighted by atomic mass is 16.4. The molecule has 0 aliphatic heterocycles. The van der Waals surface area contributed by atoms with Gasteiger partial charge in [0.15, 0.2) is 0 Å². The van der Waals surface area contributed by atoms with Crippen LogP contribution in [0, 0.1) is 0 Å². The standard InChI is InChI=1S/C11H10N2O/c1-2-3-9-4-6-10(7-5-9)11-13-12-8-14-11/h2,4-8H,1,3H2. The van der Waals surface area contributed by atoms with Gasteiger partial charge in [-0.25, -0.2) is 0 Å². The van der Waals surface area contributed by atoms with Gasteiger partial charge in [-0.3, -0.25) is 0 Å². The summed E-state index contributed by atoms with van der Waals surface area (Å²) in [7, 11) is 0. The molecule has 1 aromatic carbocycles. The van der Waals surface area contributed by atoms with Crippen LogP contribution in [0.3, 0.4) is 0 Å². The normalized spacial score (nSPS) is 10.0. The molecule has 0 aliphatic rings. The first-order valence-electron chi connectivity index (χ1n) is 4.36. The molecule has 70 valence electrons. The second-order valence-corrected chi connectivity index (χ2v) is 2.93. The second-order valence-electron chi connectivity index (χ2n) is 2.93. The van der Waals surface area contributed by atoms with Crippen LogP contribution in [0.25, 0.3) is 11.5 Å². The van der Waals surface area contributed by atoms with Crippen molar-refractivity contribution in [3.8, 4) is 11.5 Å². The summed E-state index contributed by atoms with van der Waals surface area (Å²) in [4.78, 5) is 0. The molecular formula is C11H10N2O. The molecule has 3 heteroatoms. The van der Waals surface area contributed by atoms with Gasteiger partial charge in [0.1, 0.15) is 0 Å². The van der Waals surface area contributed by atoms with E-state index in [9.17, 15) is 0 Å². The van der Waals surface area contributed by atoms with E-state index >= 15 is 0 Å². The van der Waals surface area contributed by atoms with Crippen LogP contribution in [0.1, 0.15) is 5.56 Å². The molecule has 0 N–H and O–H groups in total. The smallest absolute Gasteiger partial charge is 0.247 e. The summed E-state index contributed by atoms with van der Waals surface area (Å²) in [6, 6.07) is 7.99. The van der Waals surface area contributed by atoms with Gasteiger partial charge < -0.3 is 4.42 Å². The fraction of sp³-hybridized carbons (Fsp3) is 0.0909. The average Bonchev–Trinajstić information content (AvgIpc) is 2.72. The summed E-state index contributed by atoms with van der Waals surface area (Å²) >= 11 is 0. The first-order valence-corrected chi connectivity index (χ1v) is 4.36. The van der Waals surface area contributed by atoms with E-state index in [1.54, 1.807) is 0 Å². The van der Waals surface area contributed by atoms with E-state index in [-0.39, 0.29) is 0 Å². The molecular weight excluding hydrogens is 176 g/mol. The van der Waals surface area contributed by atoms with E-state index < -0.39 is 0 Å². The third-order valence-corrected chi connectivity index (χ3v) is 1.94. The molecule has 0 saturated carbocycles. The quantitative estimate of drug-likeness (QED) is 0.691. The first kappa shape index (κ1) is 8.69. The van der Waals surface area contributed by atoms with E-state index in [2.05, 4.69) is 16.8 Å². The van der Waals surface area contributed by atoms with Gasteiger partial charge in [-0.05, 0) is 24.1 Å².